The highest BCUT2D eigenvalue weighted by Gasteiger charge is 2.22. The van der Waals surface area contributed by atoms with E-state index in [2.05, 4.69) is 33.1 Å². The Hall–Kier alpha value is -1.22. The zero-order valence-corrected chi connectivity index (χ0v) is 19.9. The Morgan fingerprint density at radius 3 is 2.39 bits per heavy atom. The minimum atomic E-state index is 0. The number of amides is 1. The lowest BCUT2D eigenvalue weighted by Gasteiger charge is -2.38. The molecule has 6 nitrogen and oxygen atoms in total. The van der Waals surface area contributed by atoms with Crippen molar-refractivity contribution < 1.29 is 4.79 Å². The average Bonchev–Trinajstić information content (AvgIpc) is 2.71. The highest BCUT2D eigenvalue weighted by atomic mass is 127. The second kappa shape index (κ2) is 11.1. The number of anilines is 1. The number of nitrogens with one attached hydrogen (secondary N) is 1. The van der Waals surface area contributed by atoms with E-state index in [1.807, 2.05) is 17.0 Å². The molecule has 2 aliphatic rings. The Morgan fingerprint density at radius 2 is 1.75 bits per heavy atom. The molecule has 0 bridgehead atoms. The fraction of sp³-hybridized carbons (Fsp3) is 0.600. The molecule has 1 aromatic carbocycles. The first-order chi connectivity index (χ1) is 13.1. The normalized spacial score (nSPS) is 18.0. The molecule has 0 atom stereocenters. The van der Waals surface area contributed by atoms with E-state index in [-0.39, 0.29) is 29.9 Å². The third kappa shape index (κ3) is 5.89. The van der Waals surface area contributed by atoms with Crippen molar-refractivity contribution in [2.45, 2.75) is 26.2 Å². The van der Waals surface area contributed by atoms with Crippen LogP contribution in [0, 0.1) is 6.92 Å². The number of piperidine rings is 1. The molecule has 2 aliphatic heterocycles. The van der Waals surface area contributed by atoms with E-state index in [0.29, 0.717) is 6.54 Å². The molecule has 0 aromatic heterocycles. The van der Waals surface area contributed by atoms with Crippen LogP contribution >= 0.6 is 35.6 Å². The van der Waals surface area contributed by atoms with Crippen LogP contribution in [0.2, 0.25) is 5.02 Å². The Bertz CT molecular complexity index is 685. The van der Waals surface area contributed by atoms with Gasteiger partial charge in [0.1, 0.15) is 0 Å². The van der Waals surface area contributed by atoms with E-state index in [4.69, 9.17) is 11.6 Å². The highest BCUT2D eigenvalue weighted by Crippen LogP contribution is 2.25. The van der Waals surface area contributed by atoms with E-state index in [9.17, 15) is 4.79 Å². The van der Waals surface area contributed by atoms with Gasteiger partial charge < -0.3 is 20.0 Å². The van der Waals surface area contributed by atoms with Crippen molar-refractivity contribution in [3.8, 4) is 0 Å². The van der Waals surface area contributed by atoms with Gasteiger partial charge in [0, 0.05) is 57.0 Å². The van der Waals surface area contributed by atoms with Crippen molar-refractivity contribution in [2.75, 3.05) is 57.8 Å². The maximum atomic E-state index is 12.4. The lowest BCUT2D eigenvalue weighted by Crippen LogP contribution is -2.54. The van der Waals surface area contributed by atoms with Gasteiger partial charge in [-0.1, -0.05) is 17.7 Å². The van der Waals surface area contributed by atoms with Crippen LogP contribution in [-0.4, -0.2) is 74.5 Å². The van der Waals surface area contributed by atoms with Crippen molar-refractivity contribution in [1.82, 2.24) is 15.1 Å². The molecule has 1 aromatic rings. The van der Waals surface area contributed by atoms with Gasteiger partial charge in [0.2, 0.25) is 5.91 Å². The number of benzene rings is 1. The van der Waals surface area contributed by atoms with Crippen LogP contribution in [-0.2, 0) is 4.79 Å². The summed E-state index contributed by atoms with van der Waals surface area (Å²) in [4.78, 5) is 23.3. The zero-order valence-electron chi connectivity index (χ0n) is 16.8. The van der Waals surface area contributed by atoms with Crippen molar-refractivity contribution in [3.05, 3.63) is 28.8 Å². The van der Waals surface area contributed by atoms with Gasteiger partial charge in [-0.05, 0) is 43.9 Å². The summed E-state index contributed by atoms with van der Waals surface area (Å²) in [6, 6.07) is 6.04. The zero-order chi connectivity index (χ0) is 19.2. The molecular formula is C20H31ClIN5O. The second-order valence-electron chi connectivity index (χ2n) is 7.25. The lowest BCUT2D eigenvalue weighted by molar-refractivity contribution is -0.130. The first kappa shape index (κ1) is 23.1. The molecule has 0 unspecified atom stereocenters. The number of piperazine rings is 1. The quantitative estimate of drug-likeness (QED) is 0.379. The van der Waals surface area contributed by atoms with E-state index in [0.717, 1.165) is 63.1 Å². The number of aryl methyl sites for hydroxylation is 1. The number of hydrogen-bond acceptors (Lipinski definition) is 3. The summed E-state index contributed by atoms with van der Waals surface area (Å²) in [6.45, 7) is 7.75. The highest BCUT2D eigenvalue weighted by molar-refractivity contribution is 14.0. The standard InChI is InChI=1S/C20H30ClN5O.HI/c1-16-6-7-17(21)14-18(16)24-10-12-26(13-11-24)20(22-2)23-15-19(27)25-8-4-3-5-9-25;/h6-7,14H,3-5,8-13,15H2,1-2H3,(H,22,23);1H. The number of carbonyl (C=O) groups excluding carboxylic acids is 1. The lowest BCUT2D eigenvalue weighted by atomic mass is 10.1. The number of hydrogen-bond donors (Lipinski definition) is 1. The largest absolute Gasteiger partial charge is 0.368 e. The first-order valence-electron chi connectivity index (χ1n) is 9.83. The van der Waals surface area contributed by atoms with E-state index in [1.54, 1.807) is 7.05 Å². The van der Waals surface area contributed by atoms with Gasteiger partial charge >= 0.3 is 0 Å². The molecule has 0 radical (unpaired) electrons. The monoisotopic (exact) mass is 519 g/mol. The number of halogens is 2. The van der Waals surface area contributed by atoms with E-state index >= 15 is 0 Å². The maximum Gasteiger partial charge on any atom is 0.241 e. The molecule has 0 saturated carbocycles. The summed E-state index contributed by atoms with van der Waals surface area (Å²) in [7, 11) is 1.78. The molecule has 0 spiro atoms. The molecule has 0 aliphatic carbocycles. The summed E-state index contributed by atoms with van der Waals surface area (Å²) in [5.41, 5.74) is 2.44. The third-order valence-corrected chi connectivity index (χ3v) is 5.64. The van der Waals surface area contributed by atoms with E-state index in [1.165, 1.54) is 17.7 Å². The van der Waals surface area contributed by atoms with Crippen LogP contribution in [0.1, 0.15) is 24.8 Å². The predicted octanol–water partition coefficient (Wildman–Crippen LogP) is 2.98. The molecule has 2 heterocycles. The molecule has 2 fully saturated rings. The third-order valence-electron chi connectivity index (χ3n) is 5.41. The SMILES string of the molecule is CN=C(NCC(=O)N1CCCCC1)N1CCN(c2cc(Cl)ccc2C)CC1.I. The first-order valence-corrected chi connectivity index (χ1v) is 10.2. The number of carbonyl (C=O) groups is 1. The molecule has 2 saturated heterocycles. The number of rotatable bonds is 3. The smallest absolute Gasteiger partial charge is 0.241 e. The van der Waals surface area contributed by atoms with Gasteiger partial charge in [0.15, 0.2) is 5.96 Å². The summed E-state index contributed by atoms with van der Waals surface area (Å²) in [5, 5.41) is 4.03. The Morgan fingerprint density at radius 1 is 1.07 bits per heavy atom. The van der Waals surface area contributed by atoms with Gasteiger partial charge in [-0.2, -0.15) is 0 Å². The predicted molar refractivity (Wildman–Crippen MR) is 127 cm³/mol. The number of likely N-dealkylation sites (tertiary alicyclic amines) is 1. The van der Waals surface area contributed by atoms with Crippen LogP contribution in [0.4, 0.5) is 5.69 Å². The van der Waals surface area contributed by atoms with Crippen LogP contribution in [0.3, 0.4) is 0 Å². The van der Waals surface area contributed by atoms with Crippen LogP contribution < -0.4 is 10.2 Å². The van der Waals surface area contributed by atoms with Crippen LogP contribution in [0.15, 0.2) is 23.2 Å². The van der Waals surface area contributed by atoms with Gasteiger partial charge in [0.05, 0.1) is 6.54 Å². The van der Waals surface area contributed by atoms with Crippen molar-refractivity contribution in [2.24, 2.45) is 4.99 Å². The fourth-order valence-corrected chi connectivity index (χ4v) is 3.99. The van der Waals surface area contributed by atoms with E-state index < -0.39 is 0 Å². The molecular weight excluding hydrogens is 489 g/mol. The average molecular weight is 520 g/mol. The Kier molecular flexibility index (Phi) is 9.14. The molecule has 1 amide bonds. The Balaban J connectivity index is 0.00000280. The minimum Gasteiger partial charge on any atom is -0.368 e. The summed E-state index contributed by atoms with van der Waals surface area (Å²) in [5.74, 6) is 0.979. The fourth-order valence-electron chi connectivity index (χ4n) is 3.82. The molecule has 156 valence electrons. The summed E-state index contributed by atoms with van der Waals surface area (Å²) >= 11 is 6.17. The van der Waals surface area contributed by atoms with Crippen molar-refractivity contribution >= 4 is 53.1 Å². The van der Waals surface area contributed by atoms with Gasteiger partial charge in [-0.3, -0.25) is 9.79 Å². The summed E-state index contributed by atoms with van der Waals surface area (Å²) in [6.07, 6.45) is 3.46. The molecule has 1 N–H and O–H groups in total. The number of aliphatic imine (C=N–C) groups is 1. The summed E-state index contributed by atoms with van der Waals surface area (Å²) < 4.78 is 0. The Labute approximate surface area is 190 Å². The van der Waals surface area contributed by atoms with Crippen molar-refractivity contribution in [3.63, 3.8) is 0 Å². The van der Waals surface area contributed by atoms with Crippen LogP contribution in [0.25, 0.3) is 0 Å². The van der Waals surface area contributed by atoms with Gasteiger partial charge in [-0.25, -0.2) is 0 Å². The molecule has 8 heteroatoms. The minimum absolute atomic E-state index is 0. The number of guanidine groups is 1. The number of nitrogens with zero attached hydrogens (tertiary/aromatic N) is 4. The molecule has 3 rings (SSSR count). The second-order valence-corrected chi connectivity index (χ2v) is 7.68. The van der Waals surface area contributed by atoms with Gasteiger partial charge in [-0.15, -0.1) is 24.0 Å². The maximum absolute atomic E-state index is 12.4. The topological polar surface area (TPSA) is 51.2 Å². The van der Waals surface area contributed by atoms with Crippen molar-refractivity contribution in [1.29, 1.82) is 0 Å². The molecule has 28 heavy (non-hydrogen) atoms. The van der Waals surface area contributed by atoms with Gasteiger partial charge in [0.25, 0.3) is 0 Å². The van der Waals surface area contributed by atoms with Crippen LogP contribution in [0.5, 0.6) is 0 Å².